The van der Waals surface area contributed by atoms with E-state index in [1.807, 2.05) is 0 Å². The molecule has 0 amide bonds. The fourth-order valence-electron chi connectivity index (χ4n) is 2.70. The van der Waals surface area contributed by atoms with Crippen LogP contribution in [-0.4, -0.2) is 5.38 Å². The molecule has 0 heterocycles. The highest BCUT2D eigenvalue weighted by Crippen LogP contribution is 2.36. The van der Waals surface area contributed by atoms with Crippen molar-refractivity contribution in [2.75, 3.05) is 0 Å². The summed E-state index contributed by atoms with van der Waals surface area (Å²) in [5.41, 5.74) is 4.31. The van der Waals surface area contributed by atoms with Gasteiger partial charge in [0.05, 0.1) is 0 Å². The van der Waals surface area contributed by atoms with Crippen molar-refractivity contribution in [2.24, 2.45) is 0 Å². The fourth-order valence-corrected chi connectivity index (χ4v) is 3.07. The molecule has 15 heavy (non-hydrogen) atoms. The molecule has 0 aliphatic heterocycles. The van der Waals surface area contributed by atoms with Gasteiger partial charge in [0, 0.05) is 5.38 Å². The lowest BCUT2D eigenvalue weighted by atomic mass is 9.82. The number of alkyl halides is 1. The number of hydrogen-bond acceptors (Lipinski definition) is 0. The molecule has 1 aliphatic carbocycles. The Hall–Kier alpha value is -0.490. The summed E-state index contributed by atoms with van der Waals surface area (Å²) in [6.45, 7) is 4.38. The van der Waals surface area contributed by atoms with Crippen LogP contribution >= 0.6 is 11.6 Å². The molecule has 0 radical (unpaired) electrons. The average Bonchev–Trinajstić information content (AvgIpc) is 2.17. The van der Waals surface area contributed by atoms with Crippen LogP contribution in [0.25, 0.3) is 0 Å². The molecule has 0 spiro atoms. The Balaban J connectivity index is 2.21. The second-order valence-corrected chi connectivity index (χ2v) is 5.44. The van der Waals surface area contributed by atoms with E-state index in [0.29, 0.717) is 11.3 Å². The van der Waals surface area contributed by atoms with Crippen LogP contribution in [0.15, 0.2) is 18.2 Å². The predicted octanol–water partition coefficient (Wildman–Crippen LogP) is 4.57. The van der Waals surface area contributed by atoms with Crippen LogP contribution in [0, 0.1) is 13.8 Å². The first kappa shape index (κ1) is 11.0. The van der Waals surface area contributed by atoms with Crippen LogP contribution in [0.4, 0.5) is 0 Å². The summed E-state index contributed by atoms with van der Waals surface area (Å²) in [6, 6.07) is 6.80. The van der Waals surface area contributed by atoms with Gasteiger partial charge < -0.3 is 0 Å². The highest BCUT2D eigenvalue weighted by atomic mass is 35.5. The third kappa shape index (κ3) is 2.55. The van der Waals surface area contributed by atoms with E-state index < -0.39 is 0 Å². The zero-order valence-corrected chi connectivity index (χ0v) is 10.3. The maximum atomic E-state index is 6.24. The topological polar surface area (TPSA) is 0 Å². The van der Waals surface area contributed by atoms with Gasteiger partial charge in [-0.15, -0.1) is 11.6 Å². The summed E-state index contributed by atoms with van der Waals surface area (Å²) in [5, 5.41) is 0.393. The molecule has 0 N–H and O–H groups in total. The Morgan fingerprint density at radius 3 is 2.67 bits per heavy atom. The summed E-state index contributed by atoms with van der Waals surface area (Å²) in [6.07, 6.45) is 4.95. The van der Waals surface area contributed by atoms with Crippen LogP contribution in [0.3, 0.4) is 0 Å². The van der Waals surface area contributed by atoms with Crippen molar-refractivity contribution in [3.05, 3.63) is 34.9 Å². The minimum Gasteiger partial charge on any atom is -0.123 e. The van der Waals surface area contributed by atoms with Crippen LogP contribution < -0.4 is 0 Å². The van der Waals surface area contributed by atoms with Crippen LogP contribution in [0.1, 0.15) is 48.3 Å². The Kier molecular flexibility index (Phi) is 3.35. The van der Waals surface area contributed by atoms with E-state index in [4.69, 9.17) is 11.6 Å². The number of hydrogen-bond donors (Lipinski definition) is 0. The van der Waals surface area contributed by atoms with Gasteiger partial charge in [-0.25, -0.2) is 0 Å². The summed E-state index contributed by atoms with van der Waals surface area (Å²) >= 11 is 6.24. The van der Waals surface area contributed by atoms with Crippen molar-refractivity contribution in [2.45, 2.75) is 50.8 Å². The second kappa shape index (κ2) is 4.57. The van der Waals surface area contributed by atoms with Crippen molar-refractivity contribution in [3.63, 3.8) is 0 Å². The van der Waals surface area contributed by atoms with Gasteiger partial charge in [0.15, 0.2) is 0 Å². The molecule has 2 unspecified atom stereocenters. The van der Waals surface area contributed by atoms with Crippen molar-refractivity contribution in [1.29, 1.82) is 0 Å². The zero-order valence-electron chi connectivity index (χ0n) is 9.59. The van der Waals surface area contributed by atoms with Crippen molar-refractivity contribution >= 4 is 11.6 Å². The third-order valence-corrected chi connectivity index (χ3v) is 3.87. The molecule has 82 valence electrons. The first-order valence-electron chi connectivity index (χ1n) is 5.88. The van der Waals surface area contributed by atoms with E-state index >= 15 is 0 Å². The summed E-state index contributed by atoms with van der Waals surface area (Å²) in [4.78, 5) is 0. The van der Waals surface area contributed by atoms with Crippen LogP contribution in [-0.2, 0) is 0 Å². The Morgan fingerprint density at radius 2 is 2.00 bits per heavy atom. The standard InChI is InChI=1S/C14H19Cl/c1-10-6-7-14(11(2)8-10)12-4-3-5-13(15)9-12/h6-8,12-13H,3-5,9H2,1-2H3. The highest BCUT2D eigenvalue weighted by molar-refractivity contribution is 6.20. The van der Waals surface area contributed by atoms with Crippen LogP contribution in [0.2, 0.25) is 0 Å². The summed E-state index contributed by atoms with van der Waals surface area (Å²) in [7, 11) is 0. The van der Waals surface area contributed by atoms with E-state index in [0.717, 1.165) is 6.42 Å². The smallest absolute Gasteiger partial charge is 0.0341 e. The normalized spacial score (nSPS) is 26.6. The largest absolute Gasteiger partial charge is 0.123 e. The van der Waals surface area contributed by atoms with Gasteiger partial charge in [0.2, 0.25) is 0 Å². The van der Waals surface area contributed by atoms with Crippen molar-refractivity contribution in [1.82, 2.24) is 0 Å². The quantitative estimate of drug-likeness (QED) is 0.611. The molecule has 0 nitrogen and oxygen atoms in total. The molecule has 1 aromatic carbocycles. The Bertz CT molecular complexity index is 343. The number of rotatable bonds is 1. The van der Waals surface area contributed by atoms with Crippen molar-refractivity contribution < 1.29 is 0 Å². The summed E-state index contributed by atoms with van der Waals surface area (Å²) in [5.74, 6) is 0.696. The van der Waals surface area contributed by atoms with Gasteiger partial charge in [0.25, 0.3) is 0 Å². The third-order valence-electron chi connectivity index (χ3n) is 3.48. The molecule has 1 aromatic rings. The minimum atomic E-state index is 0.393. The Morgan fingerprint density at radius 1 is 1.20 bits per heavy atom. The molecule has 0 bridgehead atoms. The lowest BCUT2D eigenvalue weighted by Crippen LogP contribution is -2.14. The summed E-state index contributed by atoms with van der Waals surface area (Å²) < 4.78 is 0. The average molecular weight is 223 g/mol. The molecular formula is C14H19Cl. The first-order valence-corrected chi connectivity index (χ1v) is 6.31. The molecule has 1 aliphatic rings. The number of aryl methyl sites for hydroxylation is 2. The van der Waals surface area contributed by atoms with Crippen LogP contribution in [0.5, 0.6) is 0 Å². The maximum absolute atomic E-state index is 6.24. The van der Waals surface area contributed by atoms with Gasteiger partial charge in [-0.2, -0.15) is 0 Å². The molecule has 1 heteroatoms. The number of halogens is 1. The van der Waals surface area contributed by atoms with Gasteiger partial charge in [-0.1, -0.05) is 30.2 Å². The minimum absolute atomic E-state index is 0.393. The first-order chi connectivity index (χ1) is 7.16. The molecular weight excluding hydrogens is 204 g/mol. The van der Waals surface area contributed by atoms with Gasteiger partial charge in [-0.05, 0) is 50.2 Å². The van der Waals surface area contributed by atoms with E-state index in [1.54, 1.807) is 0 Å². The lowest BCUT2D eigenvalue weighted by molar-refractivity contribution is 0.448. The van der Waals surface area contributed by atoms with E-state index in [2.05, 4.69) is 32.0 Å². The van der Waals surface area contributed by atoms with Crippen molar-refractivity contribution in [3.8, 4) is 0 Å². The fraction of sp³-hybridized carbons (Fsp3) is 0.571. The highest BCUT2D eigenvalue weighted by Gasteiger charge is 2.22. The lowest BCUT2D eigenvalue weighted by Gasteiger charge is -2.27. The van der Waals surface area contributed by atoms with Gasteiger partial charge >= 0.3 is 0 Å². The second-order valence-electron chi connectivity index (χ2n) is 4.82. The molecule has 0 aromatic heterocycles. The zero-order chi connectivity index (χ0) is 10.8. The Labute approximate surface area is 97.6 Å². The molecule has 2 atom stereocenters. The monoisotopic (exact) mass is 222 g/mol. The van der Waals surface area contributed by atoms with Gasteiger partial charge in [-0.3, -0.25) is 0 Å². The van der Waals surface area contributed by atoms with E-state index in [1.165, 1.54) is 36.0 Å². The van der Waals surface area contributed by atoms with E-state index in [9.17, 15) is 0 Å². The molecule has 2 rings (SSSR count). The molecule has 0 saturated heterocycles. The van der Waals surface area contributed by atoms with Gasteiger partial charge in [0.1, 0.15) is 0 Å². The molecule has 1 saturated carbocycles. The number of benzene rings is 1. The van der Waals surface area contributed by atoms with E-state index in [-0.39, 0.29) is 0 Å². The predicted molar refractivity (Wildman–Crippen MR) is 66.8 cm³/mol. The SMILES string of the molecule is Cc1ccc(C2CCCC(Cl)C2)c(C)c1. The molecule has 1 fully saturated rings. The maximum Gasteiger partial charge on any atom is 0.0341 e.